The van der Waals surface area contributed by atoms with Crippen LogP contribution in [0, 0.1) is 0 Å². The van der Waals surface area contributed by atoms with E-state index < -0.39 is 53.7 Å². The number of benzene rings is 1. The van der Waals surface area contributed by atoms with Gasteiger partial charge < -0.3 is 20.1 Å². The molecule has 0 bridgehead atoms. The lowest BCUT2D eigenvalue weighted by Crippen LogP contribution is -2.39. The van der Waals surface area contributed by atoms with Crippen LogP contribution < -0.4 is 15.4 Å². The minimum absolute atomic E-state index is 0.322. The van der Waals surface area contributed by atoms with E-state index in [0.717, 1.165) is 0 Å². The number of carbonyl (C=O) groups is 3. The van der Waals surface area contributed by atoms with Crippen molar-refractivity contribution in [2.24, 2.45) is 0 Å². The van der Waals surface area contributed by atoms with E-state index in [1.165, 1.54) is 0 Å². The lowest BCUT2D eigenvalue weighted by Gasteiger charge is -2.25. The van der Waals surface area contributed by atoms with Gasteiger partial charge in [0.15, 0.2) is 18.5 Å². The average molecular weight is 444 g/mol. The fraction of sp³-hybridized carbons (Fsp3) is 0.222. The summed E-state index contributed by atoms with van der Waals surface area (Å²) in [5, 5.41) is 4.28. The zero-order valence-electron chi connectivity index (χ0n) is 15.0. The van der Waals surface area contributed by atoms with Crippen LogP contribution in [0.5, 0.6) is 5.75 Å². The predicted molar refractivity (Wildman–Crippen MR) is 97.9 cm³/mol. The van der Waals surface area contributed by atoms with Gasteiger partial charge in [-0.05, 0) is 18.2 Å². The minimum Gasteiger partial charge on any atom is -0.478 e. The lowest BCUT2D eigenvalue weighted by atomic mass is 10.1. The first kappa shape index (κ1) is 21.4. The van der Waals surface area contributed by atoms with E-state index in [9.17, 15) is 27.6 Å². The van der Waals surface area contributed by atoms with Gasteiger partial charge in [0, 0.05) is 6.20 Å². The van der Waals surface area contributed by atoms with Crippen molar-refractivity contribution in [2.45, 2.75) is 18.7 Å². The van der Waals surface area contributed by atoms with Gasteiger partial charge in [-0.15, -0.1) is 0 Å². The van der Waals surface area contributed by atoms with E-state index in [2.05, 4.69) is 15.6 Å². The summed E-state index contributed by atoms with van der Waals surface area (Å²) in [6, 6.07) is 7.24. The summed E-state index contributed by atoms with van der Waals surface area (Å²) in [5.41, 5.74) is -0.614. The number of pyridine rings is 1. The van der Waals surface area contributed by atoms with Crippen molar-refractivity contribution in [3.63, 3.8) is 0 Å². The molecule has 30 heavy (non-hydrogen) atoms. The first-order chi connectivity index (χ1) is 14.1. The smallest absolute Gasteiger partial charge is 0.417 e. The highest BCUT2D eigenvalue weighted by atomic mass is 35.5. The summed E-state index contributed by atoms with van der Waals surface area (Å²) in [6.45, 7) is -0.761. The molecule has 12 heteroatoms. The Bertz CT molecular complexity index is 999. The van der Waals surface area contributed by atoms with Crippen molar-refractivity contribution in [3.05, 3.63) is 47.1 Å². The number of para-hydroxylation sites is 2. The van der Waals surface area contributed by atoms with Crippen molar-refractivity contribution in [3.8, 4) is 5.75 Å². The van der Waals surface area contributed by atoms with Crippen molar-refractivity contribution >= 4 is 40.9 Å². The van der Waals surface area contributed by atoms with Crippen LogP contribution in [0.15, 0.2) is 36.5 Å². The van der Waals surface area contributed by atoms with Crippen LogP contribution in [0.2, 0.25) is 5.02 Å². The molecule has 1 aliphatic rings. The second-order valence-corrected chi connectivity index (χ2v) is 6.46. The molecule has 1 aromatic heterocycles. The molecular weight excluding hydrogens is 431 g/mol. The van der Waals surface area contributed by atoms with Gasteiger partial charge >= 0.3 is 12.1 Å². The highest BCUT2D eigenvalue weighted by Gasteiger charge is 2.32. The molecule has 2 aromatic rings. The summed E-state index contributed by atoms with van der Waals surface area (Å²) in [5.74, 6) is -2.25. The first-order valence-electron chi connectivity index (χ1n) is 8.38. The number of halogens is 4. The molecule has 2 heterocycles. The third kappa shape index (κ3) is 5.17. The number of ether oxygens (including phenoxy) is 2. The van der Waals surface area contributed by atoms with Crippen LogP contribution in [-0.2, 0) is 25.3 Å². The normalized spacial score (nSPS) is 15.5. The molecule has 8 nitrogen and oxygen atoms in total. The molecule has 0 aliphatic carbocycles. The number of esters is 1. The third-order valence-corrected chi connectivity index (χ3v) is 4.14. The topological polar surface area (TPSA) is 107 Å². The van der Waals surface area contributed by atoms with Crippen molar-refractivity contribution < 1.29 is 37.0 Å². The monoisotopic (exact) mass is 443 g/mol. The molecule has 0 fully saturated rings. The van der Waals surface area contributed by atoms with E-state index >= 15 is 0 Å². The number of alkyl halides is 3. The number of nitrogens with one attached hydrogen (secondary N) is 2. The second-order valence-electron chi connectivity index (χ2n) is 6.06. The van der Waals surface area contributed by atoms with E-state index in [0.29, 0.717) is 23.7 Å². The number of rotatable bonds is 5. The number of nitrogens with zero attached hydrogens (tertiary/aromatic N) is 1. The van der Waals surface area contributed by atoms with Crippen molar-refractivity contribution in [1.82, 2.24) is 4.98 Å². The number of amides is 2. The van der Waals surface area contributed by atoms with Gasteiger partial charge in [0.2, 0.25) is 0 Å². The van der Waals surface area contributed by atoms with Crippen LogP contribution in [-0.4, -0.2) is 35.5 Å². The van der Waals surface area contributed by atoms with Gasteiger partial charge in [0.25, 0.3) is 11.8 Å². The highest BCUT2D eigenvalue weighted by Crippen LogP contribution is 2.32. The molecule has 1 unspecified atom stereocenters. The molecular formula is C18H13ClF3N3O5. The Morgan fingerprint density at radius 1 is 1.30 bits per heavy atom. The number of hydrogen-bond acceptors (Lipinski definition) is 6. The zero-order chi connectivity index (χ0) is 21.9. The van der Waals surface area contributed by atoms with E-state index in [4.69, 9.17) is 21.1 Å². The molecule has 0 saturated carbocycles. The summed E-state index contributed by atoms with van der Waals surface area (Å²) < 4.78 is 48.0. The Balaban J connectivity index is 1.50. The number of aromatic nitrogens is 1. The zero-order valence-corrected chi connectivity index (χ0v) is 15.7. The largest absolute Gasteiger partial charge is 0.478 e. The van der Waals surface area contributed by atoms with E-state index in [1.54, 1.807) is 24.3 Å². The van der Waals surface area contributed by atoms with Gasteiger partial charge in [0.1, 0.15) is 5.75 Å². The van der Waals surface area contributed by atoms with Crippen LogP contribution in [0.3, 0.4) is 0 Å². The SMILES string of the molecule is O=C(COC(=O)CC1Oc2ccccc2NC1=O)Nc1ncc(C(F)(F)F)cc1Cl. The number of hydrogen-bond donors (Lipinski definition) is 2. The number of fused-ring (bicyclic) bond motifs is 1. The number of carbonyl (C=O) groups excluding carboxylic acids is 3. The van der Waals surface area contributed by atoms with Crippen LogP contribution in [0.25, 0.3) is 0 Å². The molecule has 0 spiro atoms. The van der Waals surface area contributed by atoms with Gasteiger partial charge in [-0.1, -0.05) is 23.7 Å². The molecule has 2 N–H and O–H groups in total. The molecule has 158 valence electrons. The van der Waals surface area contributed by atoms with Crippen molar-refractivity contribution in [1.29, 1.82) is 0 Å². The molecule has 3 rings (SSSR count). The fourth-order valence-corrected chi connectivity index (χ4v) is 2.65. The van der Waals surface area contributed by atoms with Gasteiger partial charge in [-0.2, -0.15) is 13.2 Å². The molecule has 2 amide bonds. The van der Waals surface area contributed by atoms with E-state index in [-0.39, 0.29) is 5.82 Å². The standard InChI is InChI=1S/C18H13ClF3N3O5/c19-10-5-9(18(20,21)22)7-23-16(10)25-14(26)8-29-15(27)6-13-17(28)24-11-3-1-2-4-12(11)30-13/h1-5,7,13H,6,8H2,(H,24,28)(H,23,25,26). The Morgan fingerprint density at radius 2 is 2.03 bits per heavy atom. The minimum atomic E-state index is -4.64. The van der Waals surface area contributed by atoms with Crippen molar-refractivity contribution in [2.75, 3.05) is 17.2 Å². The Hall–Kier alpha value is -3.34. The Morgan fingerprint density at radius 3 is 2.73 bits per heavy atom. The quantitative estimate of drug-likeness (QED) is 0.688. The van der Waals surface area contributed by atoms with E-state index in [1.807, 2.05) is 0 Å². The molecule has 0 saturated heterocycles. The predicted octanol–water partition coefficient (Wildman–Crippen LogP) is 3.03. The average Bonchev–Trinajstić information content (AvgIpc) is 2.68. The maximum absolute atomic E-state index is 12.6. The lowest BCUT2D eigenvalue weighted by molar-refractivity contribution is -0.150. The summed E-state index contributed by atoms with van der Waals surface area (Å²) in [7, 11) is 0. The van der Waals surface area contributed by atoms with Crippen LogP contribution in [0.4, 0.5) is 24.7 Å². The van der Waals surface area contributed by atoms with Gasteiger partial charge in [-0.25, -0.2) is 4.98 Å². The maximum atomic E-state index is 12.6. The second kappa shape index (κ2) is 8.57. The summed E-state index contributed by atoms with van der Waals surface area (Å²) in [4.78, 5) is 39.2. The van der Waals surface area contributed by atoms with Gasteiger partial charge in [-0.3, -0.25) is 14.4 Å². The molecule has 0 radical (unpaired) electrons. The fourth-order valence-electron chi connectivity index (χ4n) is 2.44. The summed E-state index contributed by atoms with van der Waals surface area (Å²) >= 11 is 5.68. The Kier molecular flexibility index (Phi) is 6.11. The molecule has 1 aliphatic heterocycles. The molecule has 1 atom stereocenters. The maximum Gasteiger partial charge on any atom is 0.417 e. The first-order valence-corrected chi connectivity index (χ1v) is 8.76. The molecule has 1 aromatic carbocycles. The van der Waals surface area contributed by atoms with Gasteiger partial charge in [0.05, 0.1) is 22.7 Å². The number of anilines is 2. The Labute approximate surface area is 172 Å². The van der Waals surface area contributed by atoms with Crippen LogP contribution >= 0.6 is 11.6 Å². The summed E-state index contributed by atoms with van der Waals surface area (Å²) in [6.07, 6.45) is -5.72. The third-order valence-electron chi connectivity index (χ3n) is 3.85. The van der Waals surface area contributed by atoms with Crippen LogP contribution in [0.1, 0.15) is 12.0 Å². The highest BCUT2D eigenvalue weighted by molar-refractivity contribution is 6.33.